The van der Waals surface area contributed by atoms with Crippen molar-refractivity contribution in [1.82, 2.24) is 0 Å². The molecule has 0 spiro atoms. The number of hydrogen-bond acceptors (Lipinski definition) is 2. The van der Waals surface area contributed by atoms with Crippen molar-refractivity contribution >= 4 is 0 Å². The Morgan fingerprint density at radius 3 is 1.79 bits per heavy atom. The first-order chi connectivity index (χ1) is 9.27. The highest BCUT2D eigenvalue weighted by Gasteiger charge is 2.27. The normalized spacial score (nSPS) is 11.5. The minimum absolute atomic E-state index is 0.00104. The summed E-state index contributed by atoms with van der Waals surface area (Å²) >= 11 is 0. The van der Waals surface area contributed by atoms with Crippen molar-refractivity contribution in [3.05, 3.63) is 71.8 Å². The molecule has 0 saturated carbocycles. The molecule has 0 aromatic heterocycles. The highest BCUT2D eigenvalue weighted by atomic mass is 16.6. The van der Waals surface area contributed by atoms with Gasteiger partial charge < -0.3 is 4.84 Å². The average molecular weight is 255 g/mol. The standard InChI is InChI=1S/C17H21NO/c1-17(13-8-14-19-18,15-9-4-2-5-10-15)16-11-6-3-7-12-16/h2-7,9-12H,8,13-14,18H2,1H3. The molecule has 0 unspecified atom stereocenters. The predicted molar refractivity (Wildman–Crippen MR) is 78.7 cm³/mol. The van der Waals surface area contributed by atoms with E-state index in [1.165, 1.54) is 11.1 Å². The first-order valence-electron chi connectivity index (χ1n) is 6.70. The van der Waals surface area contributed by atoms with Gasteiger partial charge in [-0.25, -0.2) is 5.90 Å². The summed E-state index contributed by atoms with van der Waals surface area (Å²) in [6, 6.07) is 21.2. The molecule has 0 aliphatic heterocycles. The van der Waals surface area contributed by atoms with Crippen LogP contribution in [0.25, 0.3) is 0 Å². The number of rotatable bonds is 6. The van der Waals surface area contributed by atoms with Gasteiger partial charge in [0.15, 0.2) is 0 Å². The van der Waals surface area contributed by atoms with Gasteiger partial charge in [-0.05, 0) is 24.0 Å². The van der Waals surface area contributed by atoms with E-state index in [0.717, 1.165) is 12.8 Å². The highest BCUT2D eigenvalue weighted by molar-refractivity contribution is 5.38. The first kappa shape index (κ1) is 13.8. The SMILES string of the molecule is CC(CCCON)(c1ccccc1)c1ccccc1. The zero-order valence-electron chi connectivity index (χ0n) is 11.4. The van der Waals surface area contributed by atoms with E-state index in [9.17, 15) is 0 Å². The first-order valence-corrected chi connectivity index (χ1v) is 6.70. The molecule has 2 nitrogen and oxygen atoms in total. The van der Waals surface area contributed by atoms with Gasteiger partial charge in [0, 0.05) is 5.41 Å². The second-order valence-corrected chi connectivity index (χ2v) is 5.04. The quantitative estimate of drug-likeness (QED) is 0.631. The zero-order chi connectivity index (χ0) is 13.6. The largest absolute Gasteiger partial charge is 0.305 e. The number of benzene rings is 2. The van der Waals surface area contributed by atoms with E-state index >= 15 is 0 Å². The minimum atomic E-state index is 0.00104. The van der Waals surface area contributed by atoms with Gasteiger partial charge in [0.1, 0.15) is 0 Å². The molecule has 0 atom stereocenters. The van der Waals surface area contributed by atoms with E-state index in [2.05, 4.69) is 67.6 Å². The molecular weight excluding hydrogens is 234 g/mol. The van der Waals surface area contributed by atoms with Gasteiger partial charge in [-0.2, -0.15) is 0 Å². The summed E-state index contributed by atoms with van der Waals surface area (Å²) in [5, 5.41) is 0. The van der Waals surface area contributed by atoms with Gasteiger partial charge in [0.05, 0.1) is 6.61 Å². The second-order valence-electron chi connectivity index (χ2n) is 5.04. The molecule has 0 radical (unpaired) electrons. The maximum absolute atomic E-state index is 5.14. The molecule has 2 heteroatoms. The van der Waals surface area contributed by atoms with Gasteiger partial charge in [0.25, 0.3) is 0 Å². The summed E-state index contributed by atoms with van der Waals surface area (Å²) in [7, 11) is 0. The lowest BCUT2D eigenvalue weighted by molar-refractivity contribution is 0.130. The van der Waals surface area contributed by atoms with E-state index in [4.69, 9.17) is 10.7 Å². The molecule has 19 heavy (non-hydrogen) atoms. The summed E-state index contributed by atoms with van der Waals surface area (Å²) in [4.78, 5) is 4.71. The van der Waals surface area contributed by atoms with E-state index in [0.29, 0.717) is 6.61 Å². The highest BCUT2D eigenvalue weighted by Crippen LogP contribution is 2.36. The molecule has 0 fully saturated rings. The van der Waals surface area contributed by atoms with E-state index < -0.39 is 0 Å². The minimum Gasteiger partial charge on any atom is -0.305 e. The van der Waals surface area contributed by atoms with Crippen LogP contribution in [0.4, 0.5) is 0 Å². The molecule has 2 N–H and O–H groups in total. The second kappa shape index (κ2) is 6.50. The molecule has 100 valence electrons. The third kappa shape index (κ3) is 3.22. The van der Waals surface area contributed by atoms with E-state index in [-0.39, 0.29) is 5.41 Å². The lowest BCUT2D eigenvalue weighted by Crippen LogP contribution is -2.24. The Balaban J connectivity index is 2.33. The molecule has 0 heterocycles. The Kier molecular flexibility index (Phi) is 4.72. The average Bonchev–Trinajstić information content (AvgIpc) is 2.49. The Morgan fingerprint density at radius 2 is 1.37 bits per heavy atom. The predicted octanol–water partition coefficient (Wildman–Crippen LogP) is 3.66. The monoisotopic (exact) mass is 255 g/mol. The fraction of sp³-hybridized carbons (Fsp3) is 0.294. The van der Waals surface area contributed by atoms with Crippen LogP contribution in [0.2, 0.25) is 0 Å². The van der Waals surface area contributed by atoms with Crippen LogP contribution in [0.15, 0.2) is 60.7 Å². The van der Waals surface area contributed by atoms with Gasteiger partial charge in [-0.15, -0.1) is 0 Å². The summed E-state index contributed by atoms with van der Waals surface area (Å²) in [6.07, 6.45) is 1.95. The third-order valence-electron chi connectivity index (χ3n) is 3.76. The molecule has 2 aromatic carbocycles. The summed E-state index contributed by atoms with van der Waals surface area (Å²) in [5.41, 5.74) is 2.66. The molecule has 0 aliphatic carbocycles. The van der Waals surface area contributed by atoms with E-state index in [1.54, 1.807) is 0 Å². The summed E-state index contributed by atoms with van der Waals surface area (Å²) in [5.74, 6) is 5.14. The fourth-order valence-electron chi connectivity index (χ4n) is 2.58. The summed E-state index contributed by atoms with van der Waals surface area (Å²) < 4.78 is 0. The maximum atomic E-state index is 5.14. The zero-order valence-corrected chi connectivity index (χ0v) is 11.4. The van der Waals surface area contributed by atoms with Gasteiger partial charge in [-0.1, -0.05) is 67.6 Å². The third-order valence-corrected chi connectivity index (χ3v) is 3.76. The van der Waals surface area contributed by atoms with Crippen molar-refractivity contribution in [2.75, 3.05) is 6.61 Å². The molecule has 0 saturated heterocycles. The van der Waals surface area contributed by atoms with Crippen molar-refractivity contribution in [3.63, 3.8) is 0 Å². The van der Waals surface area contributed by atoms with Crippen LogP contribution >= 0.6 is 0 Å². The van der Waals surface area contributed by atoms with Crippen LogP contribution in [0.5, 0.6) is 0 Å². The molecule has 2 aromatic rings. The van der Waals surface area contributed by atoms with Crippen LogP contribution in [0.1, 0.15) is 30.9 Å². The molecule has 2 rings (SSSR count). The Morgan fingerprint density at radius 1 is 0.895 bits per heavy atom. The Labute approximate surface area is 115 Å². The molecular formula is C17H21NO. The van der Waals surface area contributed by atoms with Gasteiger partial charge >= 0.3 is 0 Å². The van der Waals surface area contributed by atoms with Crippen LogP contribution in [-0.2, 0) is 10.3 Å². The van der Waals surface area contributed by atoms with Crippen molar-refractivity contribution in [2.24, 2.45) is 5.90 Å². The summed E-state index contributed by atoms with van der Waals surface area (Å²) in [6.45, 7) is 2.88. The smallest absolute Gasteiger partial charge is 0.0679 e. The molecule has 0 bridgehead atoms. The molecule has 0 amide bonds. The van der Waals surface area contributed by atoms with Crippen LogP contribution in [0, 0.1) is 0 Å². The van der Waals surface area contributed by atoms with Crippen molar-refractivity contribution in [1.29, 1.82) is 0 Å². The maximum Gasteiger partial charge on any atom is 0.0679 e. The van der Waals surface area contributed by atoms with Gasteiger partial charge in [-0.3, -0.25) is 0 Å². The lowest BCUT2D eigenvalue weighted by Gasteiger charge is -2.31. The Bertz CT molecular complexity index is 442. The van der Waals surface area contributed by atoms with Crippen molar-refractivity contribution in [2.45, 2.75) is 25.2 Å². The number of hydrogen-bond donors (Lipinski definition) is 1. The van der Waals surface area contributed by atoms with Crippen molar-refractivity contribution in [3.8, 4) is 0 Å². The number of nitrogens with two attached hydrogens (primary N) is 1. The van der Waals surface area contributed by atoms with Crippen LogP contribution < -0.4 is 5.90 Å². The molecule has 0 aliphatic rings. The van der Waals surface area contributed by atoms with E-state index in [1.807, 2.05) is 0 Å². The fourth-order valence-corrected chi connectivity index (χ4v) is 2.58. The lowest BCUT2D eigenvalue weighted by atomic mass is 9.73. The van der Waals surface area contributed by atoms with Crippen LogP contribution in [0.3, 0.4) is 0 Å². The van der Waals surface area contributed by atoms with Crippen LogP contribution in [-0.4, -0.2) is 6.61 Å². The van der Waals surface area contributed by atoms with Crippen molar-refractivity contribution < 1.29 is 4.84 Å². The van der Waals surface area contributed by atoms with Gasteiger partial charge in [0.2, 0.25) is 0 Å². The Hall–Kier alpha value is -1.64. The topological polar surface area (TPSA) is 35.2 Å².